The molecule has 1 aromatic carbocycles. The molecular formula is C23H36O3Si. The number of hydrogen-bond acceptors (Lipinski definition) is 3. The van der Waals surface area contributed by atoms with Crippen molar-refractivity contribution in [3.63, 3.8) is 0 Å². The number of carbonyl (C=O) groups excluding carboxylic acids is 1. The van der Waals surface area contributed by atoms with Gasteiger partial charge in [-0.3, -0.25) is 4.89 Å². The third kappa shape index (κ3) is 5.11. The van der Waals surface area contributed by atoms with Gasteiger partial charge in [0.25, 0.3) is 0 Å². The second kappa shape index (κ2) is 9.20. The molecule has 0 saturated heterocycles. The van der Waals surface area contributed by atoms with Crippen LogP contribution >= 0.6 is 0 Å². The minimum atomic E-state index is -1.65. The zero-order valence-electron chi connectivity index (χ0n) is 17.7. The Bertz CT molecular complexity index is 626. The lowest BCUT2D eigenvalue weighted by Crippen LogP contribution is -2.44. The lowest BCUT2D eigenvalue weighted by molar-refractivity contribution is -0.297. The van der Waals surface area contributed by atoms with Crippen molar-refractivity contribution in [3.05, 3.63) is 42.1 Å². The molecule has 1 fully saturated rings. The molecule has 4 heteroatoms. The van der Waals surface area contributed by atoms with Crippen molar-refractivity contribution in [2.75, 3.05) is 0 Å². The van der Waals surface area contributed by atoms with Crippen molar-refractivity contribution < 1.29 is 14.6 Å². The molecule has 27 heavy (non-hydrogen) atoms. The molecule has 1 saturated carbocycles. The lowest BCUT2D eigenvalue weighted by atomic mass is 9.71. The Morgan fingerprint density at radius 2 is 1.74 bits per heavy atom. The molecule has 0 aliphatic heterocycles. The molecule has 0 heterocycles. The van der Waals surface area contributed by atoms with E-state index in [1.54, 1.807) is 0 Å². The van der Waals surface area contributed by atoms with E-state index in [1.807, 2.05) is 12.1 Å². The first-order valence-electron chi connectivity index (χ1n) is 10.4. The summed E-state index contributed by atoms with van der Waals surface area (Å²) in [5.41, 5.74) is 2.85. The molecule has 0 radical (unpaired) electrons. The van der Waals surface area contributed by atoms with Crippen LogP contribution in [0, 0.1) is 11.3 Å². The number of hydrogen-bond donors (Lipinski definition) is 0. The summed E-state index contributed by atoms with van der Waals surface area (Å²) in [6.45, 7) is 15.2. The first-order chi connectivity index (χ1) is 12.8. The average molecular weight is 389 g/mol. The summed E-state index contributed by atoms with van der Waals surface area (Å²) in [6, 6.07) is 10.1. The van der Waals surface area contributed by atoms with Crippen LogP contribution in [0.3, 0.4) is 0 Å². The molecule has 1 aliphatic carbocycles. The molecule has 0 amide bonds. The maximum atomic E-state index is 12.5. The Kier molecular flexibility index (Phi) is 7.46. The Hall–Kier alpha value is -1.39. The summed E-state index contributed by atoms with van der Waals surface area (Å²) < 4.78 is 0. The van der Waals surface area contributed by atoms with Crippen LogP contribution in [0.25, 0.3) is 0 Å². The number of carbonyl (C=O) groups is 1. The third-order valence-corrected chi connectivity index (χ3v) is 11.2. The van der Waals surface area contributed by atoms with Gasteiger partial charge in [-0.25, -0.2) is 4.79 Å². The molecular weight excluding hydrogens is 352 g/mol. The van der Waals surface area contributed by atoms with Gasteiger partial charge < -0.3 is 0 Å². The molecule has 2 atom stereocenters. The van der Waals surface area contributed by atoms with Gasteiger partial charge >= 0.3 is 5.97 Å². The summed E-state index contributed by atoms with van der Waals surface area (Å²) in [5.74, 6) is 0.00777. The van der Waals surface area contributed by atoms with E-state index in [4.69, 9.17) is 9.78 Å². The first kappa shape index (κ1) is 21.9. The third-order valence-electron chi connectivity index (χ3n) is 6.41. The van der Waals surface area contributed by atoms with E-state index in [-0.39, 0.29) is 11.5 Å². The van der Waals surface area contributed by atoms with E-state index in [9.17, 15) is 4.79 Å². The maximum Gasteiger partial charge on any atom is 0.373 e. The van der Waals surface area contributed by atoms with Crippen molar-refractivity contribution in [1.29, 1.82) is 0 Å². The molecule has 2 unspecified atom stereocenters. The van der Waals surface area contributed by atoms with Crippen LogP contribution in [0.2, 0.25) is 12.1 Å². The van der Waals surface area contributed by atoms with Gasteiger partial charge in [0.1, 0.15) is 14.2 Å². The van der Waals surface area contributed by atoms with Gasteiger partial charge in [-0.2, -0.15) is 4.89 Å². The number of rotatable bonds is 7. The summed E-state index contributed by atoms with van der Waals surface area (Å²) in [7, 11) is -1.65. The van der Waals surface area contributed by atoms with E-state index < -0.39 is 14.0 Å². The van der Waals surface area contributed by atoms with E-state index in [1.165, 1.54) is 11.6 Å². The molecule has 150 valence electrons. The second-order valence-corrected chi connectivity index (χ2v) is 13.6. The van der Waals surface area contributed by atoms with Crippen LogP contribution in [-0.2, 0) is 9.78 Å². The van der Waals surface area contributed by atoms with E-state index >= 15 is 0 Å². The van der Waals surface area contributed by atoms with Gasteiger partial charge in [-0.05, 0) is 36.3 Å². The van der Waals surface area contributed by atoms with E-state index in [2.05, 4.69) is 59.0 Å². The first-order valence-corrected chi connectivity index (χ1v) is 12.9. The number of benzene rings is 1. The Morgan fingerprint density at radius 3 is 2.26 bits per heavy atom. The van der Waals surface area contributed by atoms with Crippen LogP contribution in [-0.4, -0.2) is 20.1 Å². The topological polar surface area (TPSA) is 35.5 Å². The standard InChI is InChI=1S/C23H36O3Si/c1-7-27(8-2,9-3)19-16-14-18(15-17-19)22(24)26-25-21-13-11-10-12-20(21)23(4,5)6/h7,14-17,20-21H,1,8-13H2,2-6H3. The minimum absolute atomic E-state index is 0.0111. The molecule has 0 N–H and O–H groups in total. The van der Waals surface area contributed by atoms with E-state index in [0.29, 0.717) is 11.5 Å². The zero-order valence-corrected chi connectivity index (χ0v) is 18.7. The molecule has 3 nitrogen and oxygen atoms in total. The smallest absolute Gasteiger partial charge is 0.293 e. The van der Waals surface area contributed by atoms with Crippen molar-refractivity contribution in [3.8, 4) is 0 Å². The molecule has 0 aromatic heterocycles. The van der Waals surface area contributed by atoms with Crippen LogP contribution in [0.4, 0.5) is 0 Å². The Labute approximate surface area is 166 Å². The van der Waals surface area contributed by atoms with Gasteiger partial charge in [0.15, 0.2) is 0 Å². The summed E-state index contributed by atoms with van der Waals surface area (Å²) in [5, 5.41) is 1.32. The molecule has 0 bridgehead atoms. The monoisotopic (exact) mass is 388 g/mol. The van der Waals surface area contributed by atoms with Gasteiger partial charge in [-0.15, -0.1) is 6.58 Å². The van der Waals surface area contributed by atoms with Crippen molar-refractivity contribution in [2.24, 2.45) is 11.3 Å². The Morgan fingerprint density at radius 1 is 1.15 bits per heavy atom. The Balaban J connectivity index is 2.03. The highest BCUT2D eigenvalue weighted by atomic mass is 28.3. The van der Waals surface area contributed by atoms with Crippen molar-refractivity contribution in [2.45, 2.75) is 78.5 Å². The summed E-state index contributed by atoms with van der Waals surface area (Å²) in [6.07, 6.45) is 4.42. The SMILES string of the molecule is C=C[Si](CC)(CC)c1ccc(C(=O)OOC2CCCCC2C(C)(C)C)cc1. The van der Waals surface area contributed by atoms with Crippen LogP contribution in [0.1, 0.15) is 70.7 Å². The van der Waals surface area contributed by atoms with Crippen molar-refractivity contribution >= 4 is 19.2 Å². The van der Waals surface area contributed by atoms with Gasteiger partial charge in [0.05, 0.1) is 5.56 Å². The predicted octanol–water partition coefficient (Wildman–Crippen LogP) is 5.80. The quantitative estimate of drug-likeness (QED) is 0.336. The molecule has 0 spiro atoms. The van der Waals surface area contributed by atoms with Gasteiger partial charge in [-0.1, -0.05) is 82.6 Å². The molecule has 1 aromatic rings. The molecule has 2 rings (SSSR count). The van der Waals surface area contributed by atoms with Gasteiger partial charge in [0, 0.05) is 0 Å². The van der Waals surface area contributed by atoms with Crippen molar-refractivity contribution in [1.82, 2.24) is 0 Å². The largest absolute Gasteiger partial charge is 0.373 e. The fourth-order valence-electron chi connectivity index (χ4n) is 4.36. The van der Waals surface area contributed by atoms with Crippen LogP contribution in [0.15, 0.2) is 36.5 Å². The fourth-order valence-corrected chi connectivity index (χ4v) is 7.32. The van der Waals surface area contributed by atoms with E-state index in [0.717, 1.165) is 31.4 Å². The highest BCUT2D eigenvalue weighted by Crippen LogP contribution is 2.39. The summed E-state index contributed by atoms with van der Waals surface area (Å²) in [4.78, 5) is 23.3. The van der Waals surface area contributed by atoms with Crippen LogP contribution < -0.4 is 5.19 Å². The van der Waals surface area contributed by atoms with Crippen LogP contribution in [0.5, 0.6) is 0 Å². The average Bonchev–Trinajstić information content (AvgIpc) is 2.68. The molecule has 1 aliphatic rings. The highest BCUT2D eigenvalue weighted by Gasteiger charge is 2.36. The fraction of sp³-hybridized carbons (Fsp3) is 0.609. The minimum Gasteiger partial charge on any atom is -0.293 e. The second-order valence-electron chi connectivity index (χ2n) is 8.91. The normalized spacial score (nSPS) is 20.9. The summed E-state index contributed by atoms with van der Waals surface area (Å²) >= 11 is 0. The zero-order chi connectivity index (χ0) is 20.1. The maximum absolute atomic E-state index is 12.5. The lowest BCUT2D eigenvalue weighted by Gasteiger charge is -2.38. The predicted molar refractivity (Wildman–Crippen MR) is 115 cm³/mol. The highest BCUT2D eigenvalue weighted by molar-refractivity contribution is 6.95. The van der Waals surface area contributed by atoms with Gasteiger partial charge in [0.2, 0.25) is 0 Å².